The van der Waals surface area contributed by atoms with Crippen molar-refractivity contribution in [3.05, 3.63) is 29.8 Å². The van der Waals surface area contributed by atoms with Crippen LogP contribution < -0.4 is 11.1 Å². The average Bonchev–Trinajstić information content (AvgIpc) is 2.36. The van der Waals surface area contributed by atoms with Crippen molar-refractivity contribution in [3.8, 4) is 0 Å². The van der Waals surface area contributed by atoms with Crippen LogP contribution >= 0.6 is 11.8 Å². The molecule has 1 aliphatic rings. The van der Waals surface area contributed by atoms with Crippen molar-refractivity contribution in [2.45, 2.75) is 36.9 Å². The number of carbonyl (C=O) groups is 1. The van der Waals surface area contributed by atoms with E-state index in [1.807, 2.05) is 36.0 Å². The van der Waals surface area contributed by atoms with E-state index in [2.05, 4.69) is 11.6 Å². The minimum absolute atomic E-state index is 0.141. The van der Waals surface area contributed by atoms with Gasteiger partial charge in [-0.15, -0.1) is 0 Å². The largest absolute Gasteiger partial charge is 0.399 e. The number of benzene rings is 1. The molecule has 0 spiro atoms. The fraction of sp³-hybridized carbons (Fsp3) is 0.533. The van der Waals surface area contributed by atoms with Crippen LogP contribution in [0, 0.1) is 0 Å². The van der Waals surface area contributed by atoms with E-state index in [9.17, 15) is 4.79 Å². The smallest absolute Gasteiger partial charge is 0.220 e. The molecule has 3 nitrogen and oxygen atoms in total. The van der Waals surface area contributed by atoms with E-state index in [1.54, 1.807) is 0 Å². The Kier molecular flexibility index (Phi) is 4.75. The summed E-state index contributed by atoms with van der Waals surface area (Å²) in [5, 5.41) is 3.07. The molecule has 0 aliphatic heterocycles. The number of thioether (sulfide) groups is 1. The van der Waals surface area contributed by atoms with Gasteiger partial charge in [-0.05, 0) is 43.2 Å². The van der Waals surface area contributed by atoms with Crippen LogP contribution in [0.25, 0.3) is 0 Å². The van der Waals surface area contributed by atoms with E-state index < -0.39 is 0 Å². The van der Waals surface area contributed by atoms with Crippen molar-refractivity contribution in [2.75, 3.05) is 18.5 Å². The van der Waals surface area contributed by atoms with Gasteiger partial charge in [0.2, 0.25) is 5.91 Å². The molecule has 1 amide bonds. The first kappa shape index (κ1) is 14.3. The van der Waals surface area contributed by atoms with Crippen LogP contribution in [0.15, 0.2) is 24.3 Å². The summed E-state index contributed by atoms with van der Waals surface area (Å²) in [6, 6.07) is 7.74. The van der Waals surface area contributed by atoms with E-state index in [4.69, 9.17) is 5.73 Å². The number of nitrogens with two attached hydrogens (primary N) is 1. The molecule has 1 aliphatic carbocycles. The number of hydrogen-bond donors (Lipinski definition) is 2. The lowest BCUT2D eigenvalue weighted by molar-refractivity contribution is -0.121. The molecule has 1 saturated carbocycles. The van der Waals surface area contributed by atoms with Gasteiger partial charge in [-0.3, -0.25) is 4.79 Å². The van der Waals surface area contributed by atoms with Crippen molar-refractivity contribution in [2.24, 2.45) is 0 Å². The van der Waals surface area contributed by atoms with Crippen molar-refractivity contribution in [3.63, 3.8) is 0 Å². The van der Waals surface area contributed by atoms with E-state index in [1.165, 1.54) is 19.3 Å². The summed E-state index contributed by atoms with van der Waals surface area (Å²) in [7, 11) is 0. The summed E-state index contributed by atoms with van der Waals surface area (Å²) in [5.41, 5.74) is 7.60. The number of rotatable bonds is 6. The molecule has 0 saturated heterocycles. The first-order valence-corrected chi connectivity index (χ1v) is 8.02. The Labute approximate surface area is 119 Å². The second-order valence-corrected chi connectivity index (χ2v) is 6.54. The van der Waals surface area contributed by atoms with Gasteiger partial charge in [-0.25, -0.2) is 0 Å². The van der Waals surface area contributed by atoms with Gasteiger partial charge < -0.3 is 11.1 Å². The maximum absolute atomic E-state index is 11.9. The van der Waals surface area contributed by atoms with E-state index in [0.29, 0.717) is 11.2 Å². The molecule has 0 unspecified atom stereocenters. The average molecular weight is 278 g/mol. The van der Waals surface area contributed by atoms with Crippen molar-refractivity contribution in [1.29, 1.82) is 0 Å². The predicted octanol–water partition coefficient (Wildman–Crippen LogP) is 2.60. The highest BCUT2D eigenvalue weighted by atomic mass is 32.2. The second kappa shape index (κ2) is 6.33. The first-order valence-electron chi connectivity index (χ1n) is 6.80. The fourth-order valence-electron chi connectivity index (χ4n) is 2.38. The lowest BCUT2D eigenvalue weighted by Crippen LogP contribution is -2.45. The Morgan fingerprint density at radius 2 is 2.26 bits per heavy atom. The third-order valence-electron chi connectivity index (χ3n) is 3.90. The Balaban J connectivity index is 1.73. The topological polar surface area (TPSA) is 55.1 Å². The molecule has 0 radical (unpaired) electrons. The SMILES string of the molecule is CSC1(CNC(=O)CCc2cccc(N)c2)CCC1. The molecule has 3 N–H and O–H groups in total. The fourth-order valence-corrected chi connectivity index (χ4v) is 3.29. The standard InChI is InChI=1S/C15H22N2OS/c1-19-15(8-3-9-15)11-17-14(18)7-6-12-4-2-5-13(16)10-12/h2,4-5,10H,3,6-9,11,16H2,1H3,(H,17,18). The normalized spacial score (nSPS) is 16.7. The zero-order valence-corrected chi connectivity index (χ0v) is 12.3. The molecule has 4 heteroatoms. The predicted molar refractivity (Wildman–Crippen MR) is 82.3 cm³/mol. The molecule has 0 atom stereocenters. The Morgan fingerprint density at radius 3 is 2.84 bits per heavy atom. The summed E-state index contributed by atoms with van der Waals surface area (Å²) in [6.07, 6.45) is 7.17. The molecule has 1 aromatic carbocycles. The maximum Gasteiger partial charge on any atom is 0.220 e. The lowest BCUT2D eigenvalue weighted by Gasteiger charge is -2.40. The van der Waals surface area contributed by atoms with Gasteiger partial charge in [0.1, 0.15) is 0 Å². The maximum atomic E-state index is 11.9. The number of amides is 1. The third kappa shape index (κ3) is 3.90. The summed E-state index contributed by atoms with van der Waals surface area (Å²) in [6.45, 7) is 0.809. The highest BCUT2D eigenvalue weighted by molar-refractivity contribution is 8.00. The van der Waals surface area contributed by atoms with E-state index in [0.717, 1.165) is 24.2 Å². The molecule has 2 rings (SSSR count). The zero-order chi connectivity index (χ0) is 13.7. The van der Waals surface area contributed by atoms with Gasteiger partial charge in [0.05, 0.1) is 0 Å². The Morgan fingerprint density at radius 1 is 1.47 bits per heavy atom. The zero-order valence-electron chi connectivity index (χ0n) is 11.4. The molecule has 1 fully saturated rings. The number of aryl methyl sites for hydroxylation is 1. The second-order valence-electron chi connectivity index (χ2n) is 5.26. The molecule has 0 aromatic heterocycles. The number of anilines is 1. The van der Waals surface area contributed by atoms with Crippen LogP contribution in [0.1, 0.15) is 31.2 Å². The van der Waals surface area contributed by atoms with Crippen molar-refractivity contribution in [1.82, 2.24) is 5.32 Å². The van der Waals surface area contributed by atoms with Crippen LogP contribution in [0.4, 0.5) is 5.69 Å². The molecular formula is C15H22N2OS. The van der Waals surface area contributed by atoms with Gasteiger partial charge in [0, 0.05) is 23.4 Å². The number of nitrogens with one attached hydrogen (secondary N) is 1. The van der Waals surface area contributed by atoms with Crippen LogP contribution in [0.2, 0.25) is 0 Å². The molecule has 19 heavy (non-hydrogen) atoms. The van der Waals surface area contributed by atoms with E-state index in [-0.39, 0.29) is 5.91 Å². The van der Waals surface area contributed by atoms with Crippen LogP contribution in [-0.2, 0) is 11.2 Å². The van der Waals surface area contributed by atoms with Crippen molar-refractivity contribution < 1.29 is 4.79 Å². The first-order chi connectivity index (χ1) is 9.13. The minimum atomic E-state index is 0.141. The van der Waals surface area contributed by atoms with Gasteiger partial charge >= 0.3 is 0 Å². The summed E-state index contributed by atoms with van der Waals surface area (Å²) < 4.78 is 0.312. The van der Waals surface area contributed by atoms with Crippen LogP contribution in [0.3, 0.4) is 0 Å². The van der Waals surface area contributed by atoms with Crippen molar-refractivity contribution >= 4 is 23.4 Å². The number of carbonyl (C=O) groups excluding carboxylic acids is 1. The van der Waals surface area contributed by atoms with Crippen LogP contribution in [-0.4, -0.2) is 23.5 Å². The molecule has 1 aromatic rings. The van der Waals surface area contributed by atoms with Crippen LogP contribution in [0.5, 0.6) is 0 Å². The quantitative estimate of drug-likeness (QED) is 0.786. The Hall–Kier alpha value is -1.16. The minimum Gasteiger partial charge on any atom is -0.399 e. The number of hydrogen-bond acceptors (Lipinski definition) is 3. The van der Waals surface area contributed by atoms with Gasteiger partial charge in [0.15, 0.2) is 0 Å². The molecule has 104 valence electrons. The summed E-state index contributed by atoms with van der Waals surface area (Å²) in [4.78, 5) is 11.9. The van der Waals surface area contributed by atoms with Gasteiger partial charge in [-0.2, -0.15) is 11.8 Å². The molecular weight excluding hydrogens is 256 g/mol. The van der Waals surface area contributed by atoms with E-state index >= 15 is 0 Å². The monoisotopic (exact) mass is 278 g/mol. The third-order valence-corrected chi connectivity index (χ3v) is 5.32. The van der Waals surface area contributed by atoms with Gasteiger partial charge in [-0.1, -0.05) is 18.6 Å². The lowest BCUT2D eigenvalue weighted by atomic mass is 9.84. The molecule has 0 heterocycles. The summed E-state index contributed by atoms with van der Waals surface area (Å²) >= 11 is 1.89. The molecule has 0 bridgehead atoms. The van der Waals surface area contributed by atoms with Gasteiger partial charge in [0.25, 0.3) is 0 Å². The number of nitrogen functional groups attached to an aromatic ring is 1. The highest BCUT2D eigenvalue weighted by Gasteiger charge is 2.36. The summed E-state index contributed by atoms with van der Waals surface area (Å²) in [5.74, 6) is 0.141. The Bertz CT molecular complexity index is 438. The highest BCUT2D eigenvalue weighted by Crippen LogP contribution is 2.42.